The standard InChI is InChI=1S/C22H30N2O5S/c1-29-22(26)20-15-17-7-5-6-10-19(17)24(20)21(25)16-11-13-23(14-12-16)30(27,28)18-8-3-2-4-9-18/h2-4,8-9,16-17,19-20H,5-7,10-15H2,1H3. The van der Waals surface area contributed by atoms with E-state index in [0.29, 0.717) is 38.3 Å². The topological polar surface area (TPSA) is 84.0 Å². The molecule has 0 spiro atoms. The van der Waals surface area contributed by atoms with Crippen molar-refractivity contribution >= 4 is 21.9 Å². The average Bonchev–Trinajstić information content (AvgIpc) is 3.18. The van der Waals surface area contributed by atoms with Crippen molar-refractivity contribution < 1.29 is 22.7 Å². The van der Waals surface area contributed by atoms with E-state index in [1.165, 1.54) is 11.4 Å². The summed E-state index contributed by atoms with van der Waals surface area (Å²) in [5.74, 6) is -0.219. The van der Waals surface area contributed by atoms with Crippen LogP contribution in [0.4, 0.5) is 0 Å². The molecule has 1 aromatic rings. The van der Waals surface area contributed by atoms with Gasteiger partial charge in [-0.2, -0.15) is 4.31 Å². The highest BCUT2D eigenvalue weighted by Crippen LogP contribution is 2.41. The molecule has 0 N–H and O–H groups in total. The number of amides is 1. The summed E-state index contributed by atoms with van der Waals surface area (Å²) < 4.78 is 32.2. The van der Waals surface area contributed by atoms with E-state index in [2.05, 4.69) is 0 Å². The Morgan fingerprint density at radius 3 is 2.33 bits per heavy atom. The van der Waals surface area contributed by atoms with E-state index in [-0.39, 0.29) is 28.7 Å². The number of rotatable bonds is 4. The number of hydrogen-bond donors (Lipinski definition) is 0. The Morgan fingerprint density at radius 1 is 1.00 bits per heavy atom. The van der Waals surface area contributed by atoms with Crippen molar-refractivity contribution in [2.45, 2.75) is 61.9 Å². The number of fused-ring (bicyclic) bond motifs is 1. The van der Waals surface area contributed by atoms with Crippen LogP contribution in [0.3, 0.4) is 0 Å². The Hall–Kier alpha value is -1.93. The molecule has 0 radical (unpaired) electrons. The van der Waals surface area contributed by atoms with Gasteiger partial charge in [-0.1, -0.05) is 31.0 Å². The van der Waals surface area contributed by atoms with E-state index in [4.69, 9.17) is 4.74 Å². The predicted octanol–water partition coefficient (Wildman–Crippen LogP) is 2.42. The van der Waals surface area contributed by atoms with Crippen LogP contribution in [0.2, 0.25) is 0 Å². The largest absolute Gasteiger partial charge is 0.467 e. The van der Waals surface area contributed by atoms with Crippen LogP contribution in [0.5, 0.6) is 0 Å². The van der Waals surface area contributed by atoms with Crippen molar-refractivity contribution in [2.75, 3.05) is 20.2 Å². The highest BCUT2D eigenvalue weighted by atomic mass is 32.2. The maximum Gasteiger partial charge on any atom is 0.328 e. The summed E-state index contributed by atoms with van der Waals surface area (Å²) in [7, 11) is -2.17. The van der Waals surface area contributed by atoms with E-state index < -0.39 is 16.1 Å². The van der Waals surface area contributed by atoms with Crippen molar-refractivity contribution in [3.8, 4) is 0 Å². The van der Waals surface area contributed by atoms with Crippen molar-refractivity contribution in [1.29, 1.82) is 0 Å². The van der Waals surface area contributed by atoms with Gasteiger partial charge < -0.3 is 9.64 Å². The minimum atomic E-state index is -3.54. The predicted molar refractivity (Wildman–Crippen MR) is 111 cm³/mol. The minimum Gasteiger partial charge on any atom is -0.467 e. The van der Waals surface area contributed by atoms with Gasteiger partial charge in [-0.3, -0.25) is 4.79 Å². The van der Waals surface area contributed by atoms with Crippen molar-refractivity contribution in [2.24, 2.45) is 11.8 Å². The molecule has 2 saturated heterocycles. The number of piperidine rings is 1. The lowest BCUT2D eigenvalue weighted by Crippen LogP contribution is -2.51. The first-order chi connectivity index (χ1) is 14.4. The zero-order chi connectivity index (χ0) is 21.3. The number of methoxy groups -OCH3 is 1. The summed E-state index contributed by atoms with van der Waals surface area (Å²) >= 11 is 0. The molecule has 7 nitrogen and oxygen atoms in total. The van der Waals surface area contributed by atoms with Crippen LogP contribution >= 0.6 is 0 Å². The third kappa shape index (κ3) is 3.87. The van der Waals surface area contributed by atoms with Gasteiger partial charge >= 0.3 is 5.97 Å². The summed E-state index contributed by atoms with van der Waals surface area (Å²) in [6.45, 7) is 0.636. The molecule has 3 atom stereocenters. The monoisotopic (exact) mass is 434 g/mol. The molecular weight excluding hydrogens is 404 g/mol. The molecule has 8 heteroatoms. The fourth-order valence-electron chi connectivity index (χ4n) is 5.42. The van der Waals surface area contributed by atoms with Gasteiger partial charge in [-0.05, 0) is 50.2 Å². The molecule has 3 aliphatic rings. The smallest absolute Gasteiger partial charge is 0.328 e. The fourth-order valence-corrected chi connectivity index (χ4v) is 6.91. The second-order valence-electron chi connectivity index (χ2n) is 8.62. The molecule has 164 valence electrons. The number of benzene rings is 1. The number of ether oxygens (including phenoxy) is 1. The van der Waals surface area contributed by atoms with Gasteiger partial charge in [0.2, 0.25) is 15.9 Å². The molecular formula is C22H30N2O5S. The van der Waals surface area contributed by atoms with Gasteiger partial charge in [0.25, 0.3) is 0 Å². The van der Waals surface area contributed by atoms with Crippen LogP contribution in [-0.4, -0.2) is 61.8 Å². The van der Waals surface area contributed by atoms with Gasteiger partial charge in [-0.25, -0.2) is 13.2 Å². The second-order valence-corrected chi connectivity index (χ2v) is 10.6. The lowest BCUT2D eigenvalue weighted by Gasteiger charge is -2.38. The third-order valence-electron chi connectivity index (χ3n) is 7.00. The Bertz CT molecular complexity index is 880. The molecule has 0 bridgehead atoms. The van der Waals surface area contributed by atoms with E-state index in [0.717, 1.165) is 25.7 Å². The quantitative estimate of drug-likeness (QED) is 0.680. The zero-order valence-electron chi connectivity index (χ0n) is 17.4. The van der Waals surface area contributed by atoms with Gasteiger partial charge in [0.05, 0.1) is 12.0 Å². The number of sulfonamides is 1. The maximum absolute atomic E-state index is 13.5. The first kappa shape index (κ1) is 21.3. The summed E-state index contributed by atoms with van der Waals surface area (Å²) in [6.07, 6.45) is 5.85. The van der Waals surface area contributed by atoms with Gasteiger partial charge in [0.15, 0.2) is 0 Å². The van der Waals surface area contributed by atoms with E-state index in [1.807, 2.05) is 4.90 Å². The first-order valence-electron chi connectivity index (χ1n) is 10.9. The number of esters is 1. The Labute approximate surface area is 178 Å². The second kappa shape index (κ2) is 8.67. The Balaban J connectivity index is 1.46. The third-order valence-corrected chi connectivity index (χ3v) is 8.91. The van der Waals surface area contributed by atoms with Crippen LogP contribution in [0.1, 0.15) is 44.9 Å². The molecule has 0 aromatic heterocycles. The number of nitrogens with zero attached hydrogens (tertiary/aromatic N) is 2. The number of likely N-dealkylation sites (tertiary alicyclic amines) is 1. The molecule has 30 heavy (non-hydrogen) atoms. The lowest BCUT2D eigenvalue weighted by atomic mass is 9.84. The van der Waals surface area contributed by atoms with Crippen molar-refractivity contribution in [3.05, 3.63) is 30.3 Å². The normalized spacial score (nSPS) is 28.2. The van der Waals surface area contributed by atoms with Crippen molar-refractivity contribution in [1.82, 2.24) is 9.21 Å². The van der Waals surface area contributed by atoms with Gasteiger partial charge in [0, 0.05) is 25.0 Å². The zero-order valence-corrected chi connectivity index (χ0v) is 18.2. The molecule has 1 amide bonds. The van der Waals surface area contributed by atoms with Gasteiger partial charge in [0.1, 0.15) is 6.04 Å². The highest BCUT2D eigenvalue weighted by molar-refractivity contribution is 7.89. The highest BCUT2D eigenvalue weighted by Gasteiger charge is 2.49. The molecule has 3 unspecified atom stereocenters. The molecule has 2 heterocycles. The Morgan fingerprint density at radius 2 is 1.67 bits per heavy atom. The van der Waals surface area contributed by atoms with Crippen LogP contribution < -0.4 is 0 Å². The Kier molecular flexibility index (Phi) is 6.16. The lowest BCUT2D eigenvalue weighted by molar-refractivity contribution is -0.154. The fraction of sp³-hybridized carbons (Fsp3) is 0.636. The molecule has 1 saturated carbocycles. The molecule has 4 rings (SSSR count). The van der Waals surface area contributed by atoms with Crippen LogP contribution in [-0.2, 0) is 24.3 Å². The van der Waals surface area contributed by atoms with E-state index in [1.54, 1.807) is 30.3 Å². The van der Waals surface area contributed by atoms with Crippen molar-refractivity contribution in [3.63, 3.8) is 0 Å². The SMILES string of the molecule is COC(=O)C1CC2CCCCC2N1C(=O)C1CCN(S(=O)(=O)c2ccccc2)CC1. The van der Waals surface area contributed by atoms with E-state index in [9.17, 15) is 18.0 Å². The number of carbonyl (C=O) groups excluding carboxylic acids is 2. The van der Waals surface area contributed by atoms with E-state index >= 15 is 0 Å². The maximum atomic E-state index is 13.5. The molecule has 1 aliphatic carbocycles. The van der Waals surface area contributed by atoms with Crippen LogP contribution in [0, 0.1) is 11.8 Å². The summed E-state index contributed by atoms with van der Waals surface area (Å²) in [5, 5.41) is 0. The first-order valence-corrected chi connectivity index (χ1v) is 12.3. The molecule has 3 fully saturated rings. The summed E-state index contributed by atoms with van der Waals surface area (Å²) in [6, 6.07) is 8.02. The average molecular weight is 435 g/mol. The summed E-state index contributed by atoms with van der Waals surface area (Å²) in [5.41, 5.74) is 0. The van der Waals surface area contributed by atoms with Crippen LogP contribution in [0.15, 0.2) is 35.2 Å². The summed E-state index contributed by atoms with van der Waals surface area (Å²) in [4.78, 5) is 27.9. The number of carbonyl (C=O) groups is 2. The number of hydrogen-bond acceptors (Lipinski definition) is 5. The van der Waals surface area contributed by atoms with Crippen LogP contribution in [0.25, 0.3) is 0 Å². The molecule has 1 aromatic carbocycles. The molecule has 2 aliphatic heterocycles. The minimum absolute atomic E-state index is 0.00319. The van der Waals surface area contributed by atoms with Gasteiger partial charge in [-0.15, -0.1) is 0 Å².